The molecular formula is C23H26O5. The number of fused-ring (bicyclic) bond motifs is 2. The summed E-state index contributed by atoms with van der Waals surface area (Å²) in [4.78, 5) is 11.5. The molecule has 0 spiro atoms. The molecule has 0 bridgehead atoms. The first-order valence-electron chi connectivity index (χ1n) is 9.47. The van der Waals surface area contributed by atoms with Crippen LogP contribution >= 0.6 is 0 Å². The zero-order valence-corrected chi connectivity index (χ0v) is 16.8. The summed E-state index contributed by atoms with van der Waals surface area (Å²) in [7, 11) is 0. The molecule has 2 heterocycles. The number of ether oxygens (including phenoxy) is 2. The van der Waals surface area contributed by atoms with Gasteiger partial charge < -0.3 is 18.3 Å². The molecule has 5 heteroatoms. The third kappa shape index (κ3) is 4.73. The van der Waals surface area contributed by atoms with Crippen molar-refractivity contribution in [3.8, 4) is 5.75 Å². The molecule has 0 aliphatic carbocycles. The van der Waals surface area contributed by atoms with Crippen LogP contribution in [-0.4, -0.2) is 19.3 Å². The number of benzene rings is 1. The Hall–Kier alpha value is -2.79. The van der Waals surface area contributed by atoms with Gasteiger partial charge in [0.15, 0.2) is 0 Å². The quantitative estimate of drug-likeness (QED) is 0.373. The van der Waals surface area contributed by atoms with E-state index in [0.717, 1.165) is 17.2 Å². The highest BCUT2D eigenvalue weighted by atomic mass is 16.5. The Bertz CT molecular complexity index is 1060. The summed E-state index contributed by atoms with van der Waals surface area (Å²) in [6.45, 7) is 9.30. The van der Waals surface area contributed by atoms with E-state index in [9.17, 15) is 4.79 Å². The molecule has 3 aromatic rings. The SMILES string of the molecule is CCO[C@H](C=C(C)C)CC(C)=CCOc1c2ccoc2cc2oc(=O)ccc12. The molecule has 3 rings (SSSR count). The highest BCUT2D eigenvalue weighted by Gasteiger charge is 2.13. The summed E-state index contributed by atoms with van der Waals surface area (Å²) < 4.78 is 22.6. The Labute approximate surface area is 164 Å². The minimum atomic E-state index is -0.402. The summed E-state index contributed by atoms with van der Waals surface area (Å²) in [6, 6.07) is 6.69. The normalized spacial score (nSPS) is 13.1. The van der Waals surface area contributed by atoms with Gasteiger partial charge in [-0.15, -0.1) is 0 Å². The van der Waals surface area contributed by atoms with Crippen molar-refractivity contribution in [1.82, 2.24) is 0 Å². The molecule has 0 aliphatic heterocycles. The van der Waals surface area contributed by atoms with Crippen LogP contribution in [0.4, 0.5) is 0 Å². The summed E-state index contributed by atoms with van der Waals surface area (Å²) in [5, 5.41) is 1.60. The summed E-state index contributed by atoms with van der Waals surface area (Å²) >= 11 is 0. The van der Waals surface area contributed by atoms with E-state index in [1.165, 1.54) is 17.2 Å². The number of hydrogen-bond acceptors (Lipinski definition) is 5. The molecule has 0 fully saturated rings. The average molecular weight is 382 g/mol. The van der Waals surface area contributed by atoms with E-state index in [1.807, 2.05) is 13.0 Å². The summed E-state index contributed by atoms with van der Waals surface area (Å²) in [5.41, 5.74) is 3.10. The van der Waals surface area contributed by atoms with E-state index in [4.69, 9.17) is 18.3 Å². The Morgan fingerprint density at radius 2 is 1.93 bits per heavy atom. The van der Waals surface area contributed by atoms with E-state index in [0.29, 0.717) is 30.1 Å². The second-order valence-electron chi connectivity index (χ2n) is 7.01. The van der Waals surface area contributed by atoms with Crippen LogP contribution in [0.2, 0.25) is 0 Å². The Balaban J connectivity index is 1.80. The highest BCUT2D eigenvalue weighted by Crippen LogP contribution is 2.35. The Morgan fingerprint density at radius 3 is 2.68 bits per heavy atom. The molecule has 0 amide bonds. The largest absolute Gasteiger partial charge is 0.488 e. The minimum absolute atomic E-state index is 0.0682. The molecule has 28 heavy (non-hydrogen) atoms. The van der Waals surface area contributed by atoms with Crippen molar-refractivity contribution in [3.63, 3.8) is 0 Å². The smallest absolute Gasteiger partial charge is 0.336 e. The lowest BCUT2D eigenvalue weighted by molar-refractivity contribution is 0.0960. The van der Waals surface area contributed by atoms with E-state index < -0.39 is 5.63 Å². The second-order valence-corrected chi connectivity index (χ2v) is 7.01. The fourth-order valence-corrected chi connectivity index (χ4v) is 3.19. The van der Waals surface area contributed by atoms with Crippen LogP contribution < -0.4 is 10.4 Å². The fourth-order valence-electron chi connectivity index (χ4n) is 3.19. The van der Waals surface area contributed by atoms with E-state index in [1.54, 1.807) is 18.4 Å². The van der Waals surface area contributed by atoms with E-state index in [2.05, 4.69) is 32.9 Å². The van der Waals surface area contributed by atoms with Gasteiger partial charge >= 0.3 is 5.63 Å². The lowest BCUT2D eigenvalue weighted by Gasteiger charge is -2.14. The van der Waals surface area contributed by atoms with Gasteiger partial charge in [-0.2, -0.15) is 0 Å². The molecule has 2 aromatic heterocycles. The topological polar surface area (TPSA) is 61.8 Å². The predicted octanol–water partition coefficient (Wildman–Crippen LogP) is 5.63. The molecule has 0 radical (unpaired) electrons. The number of rotatable bonds is 8. The van der Waals surface area contributed by atoms with Crippen molar-refractivity contribution < 1.29 is 18.3 Å². The summed E-state index contributed by atoms with van der Waals surface area (Å²) in [6.07, 6.45) is 6.67. The van der Waals surface area contributed by atoms with Crippen LogP contribution in [0.1, 0.15) is 34.1 Å². The van der Waals surface area contributed by atoms with Gasteiger partial charge in [0, 0.05) is 18.7 Å². The van der Waals surface area contributed by atoms with Crippen molar-refractivity contribution in [3.05, 3.63) is 64.2 Å². The second kappa shape index (κ2) is 8.93. The lowest BCUT2D eigenvalue weighted by atomic mass is 10.1. The van der Waals surface area contributed by atoms with Gasteiger partial charge in [-0.05, 0) is 52.3 Å². The molecule has 0 N–H and O–H groups in total. The molecule has 5 nitrogen and oxygen atoms in total. The van der Waals surface area contributed by atoms with Gasteiger partial charge in [0.25, 0.3) is 0 Å². The number of allylic oxidation sites excluding steroid dienone is 1. The van der Waals surface area contributed by atoms with Crippen LogP contribution in [0.15, 0.2) is 67.5 Å². The van der Waals surface area contributed by atoms with Crippen molar-refractivity contribution in [2.24, 2.45) is 0 Å². The molecule has 0 saturated heterocycles. The van der Waals surface area contributed by atoms with Gasteiger partial charge in [-0.1, -0.05) is 17.2 Å². The van der Waals surface area contributed by atoms with Crippen LogP contribution in [0.25, 0.3) is 21.9 Å². The average Bonchev–Trinajstić information content (AvgIpc) is 3.08. The maximum atomic E-state index is 11.5. The predicted molar refractivity (Wildman–Crippen MR) is 111 cm³/mol. The van der Waals surface area contributed by atoms with Crippen molar-refractivity contribution in [2.75, 3.05) is 13.2 Å². The zero-order valence-electron chi connectivity index (χ0n) is 16.8. The Kier molecular flexibility index (Phi) is 6.37. The van der Waals surface area contributed by atoms with Gasteiger partial charge in [-0.25, -0.2) is 4.79 Å². The zero-order chi connectivity index (χ0) is 20.1. The van der Waals surface area contributed by atoms with E-state index in [-0.39, 0.29) is 6.10 Å². The number of hydrogen-bond donors (Lipinski definition) is 0. The van der Waals surface area contributed by atoms with Crippen LogP contribution in [0, 0.1) is 0 Å². The van der Waals surface area contributed by atoms with Gasteiger partial charge in [0.1, 0.15) is 23.5 Å². The monoisotopic (exact) mass is 382 g/mol. The third-order valence-corrected chi connectivity index (χ3v) is 4.39. The maximum absolute atomic E-state index is 11.5. The van der Waals surface area contributed by atoms with Crippen molar-refractivity contribution >= 4 is 21.9 Å². The van der Waals surface area contributed by atoms with Crippen LogP contribution in [-0.2, 0) is 4.74 Å². The van der Waals surface area contributed by atoms with Crippen molar-refractivity contribution in [2.45, 2.75) is 40.2 Å². The van der Waals surface area contributed by atoms with Gasteiger partial charge in [0.05, 0.1) is 23.1 Å². The lowest BCUT2D eigenvalue weighted by Crippen LogP contribution is -2.11. The first kappa shape index (κ1) is 20.0. The molecule has 148 valence electrons. The van der Waals surface area contributed by atoms with Gasteiger partial charge in [0.2, 0.25) is 0 Å². The van der Waals surface area contributed by atoms with Crippen LogP contribution in [0.3, 0.4) is 0 Å². The minimum Gasteiger partial charge on any atom is -0.488 e. The number of furan rings is 1. The van der Waals surface area contributed by atoms with E-state index >= 15 is 0 Å². The Morgan fingerprint density at radius 1 is 1.14 bits per heavy atom. The fraction of sp³-hybridized carbons (Fsp3) is 0.348. The standard InChI is InChI=1S/C23H26O5/c1-5-25-17(12-15(2)3)13-16(4)8-10-27-23-18-6-7-22(24)28-21(18)14-20-19(23)9-11-26-20/h6-9,11-12,14,17H,5,10,13H2,1-4H3/t17-/m1/s1. The maximum Gasteiger partial charge on any atom is 0.336 e. The molecule has 1 aromatic carbocycles. The van der Waals surface area contributed by atoms with Crippen LogP contribution in [0.5, 0.6) is 5.75 Å². The molecule has 1 atom stereocenters. The van der Waals surface area contributed by atoms with Crippen molar-refractivity contribution in [1.29, 1.82) is 0 Å². The molecule has 0 saturated carbocycles. The summed E-state index contributed by atoms with van der Waals surface area (Å²) in [5.74, 6) is 0.653. The molecule has 0 aliphatic rings. The first-order valence-corrected chi connectivity index (χ1v) is 9.47. The molecular weight excluding hydrogens is 356 g/mol. The highest BCUT2D eigenvalue weighted by molar-refractivity contribution is 6.01. The molecule has 0 unspecified atom stereocenters. The third-order valence-electron chi connectivity index (χ3n) is 4.39. The first-order chi connectivity index (χ1) is 13.5. The van der Waals surface area contributed by atoms with Gasteiger partial charge in [-0.3, -0.25) is 0 Å².